The van der Waals surface area contributed by atoms with E-state index in [9.17, 15) is 4.79 Å². The Hall–Kier alpha value is -1.22. The first kappa shape index (κ1) is 14.8. The Balaban J connectivity index is 2.65. The van der Waals surface area contributed by atoms with Gasteiger partial charge in [0.15, 0.2) is 0 Å². The van der Waals surface area contributed by atoms with Gasteiger partial charge in [-0.1, -0.05) is 32.4 Å². The summed E-state index contributed by atoms with van der Waals surface area (Å²) in [7, 11) is 0. The van der Waals surface area contributed by atoms with E-state index >= 15 is 0 Å². The molecular formula is C14H21ClN2O. The highest BCUT2D eigenvalue weighted by atomic mass is 35.5. The third-order valence-corrected chi connectivity index (χ3v) is 2.94. The molecule has 0 fully saturated rings. The van der Waals surface area contributed by atoms with E-state index < -0.39 is 0 Å². The Labute approximate surface area is 114 Å². The fraction of sp³-hybridized carbons (Fsp3) is 0.500. The summed E-state index contributed by atoms with van der Waals surface area (Å²) in [4.78, 5) is 11.3. The number of hydrogen-bond donors (Lipinski definition) is 2. The van der Waals surface area contributed by atoms with E-state index in [2.05, 4.69) is 24.5 Å². The molecule has 0 unspecified atom stereocenters. The first-order valence-corrected chi connectivity index (χ1v) is 6.74. The van der Waals surface area contributed by atoms with Crippen LogP contribution in [-0.2, 0) is 4.79 Å². The molecule has 0 aliphatic rings. The van der Waals surface area contributed by atoms with E-state index in [1.54, 1.807) is 6.07 Å². The standard InChI is InChI=1S/C14H21ClN2O/c1-4-14(18)17-11-5-6-12(15)13(9-11)16-8-7-10(2)3/h5-6,9-10,16H,4,7-8H2,1-3H3,(H,17,18). The van der Waals surface area contributed by atoms with Gasteiger partial charge in [0, 0.05) is 18.7 Å². The number of hydrogen-bond acceptors (Lipinski definition) is 2. The average molecular weight is 269 g/mol. The molecule has 0 aromatic heterocycles. The van der Waals surface area contributed by atoms with Crippen LogP contribution >= 0.6 is 11.6 Å². The van der Waals surface area contributed by atoms with Crippen LogP contribution in [0.15, 0.2) is 18.2 Å². The minimum Gasteiger partial charge on any atom is -0.384 e. The molecule has 0 bridgehead atoms. The van der Waals surface area contributed by atoms with Crippen molar-refractivity contribution in [2.24, 2.45) is 5.92 Å². The van der Waals surface area contributed by atoms with Gasteiger partial charge in [0.05, 0.1) is 10.7 Å². The zero-order valence-electron chi connectivity index (χ0n) is 11.2. The SMILES string of the molecule is CCC(=O)Nc1ccc(Cl)c(NCCC(C)C)c1. The highest BCUT2D eigenvalue weighted by Crippen LogP contribution is 2.25. The summed E-state index contributed by atoms with van der Waals surface area (Å²) in [5.41, 5.74) is 1.64. The van der Waals surface area contributed by atoms with E-state index in [4.69, 9.17) is 11.6 Å². The number of rotatable bonds is 6. The Morgan fingerprint density at radius 1 is 1.39 bits per heavy atom. The van der Waals surface area contributed by atoms with Crippen LogP contribution in [0.5, 0.6) is 0 Å². The minimum absolute atomic E-state index is 0.00505. The summed E-state index contributed by atoms with van der Waals surface area (Å²) < 4.78 is 0. The normalized spacial score (nSPS) is 10.5. The van der Waals surface area contributed by atoms with Crippen molar-refractivity contribution in [2.45, 2.75) is 33.6 Å². The maximum absolute atomic E-state index is 11.3. The van der Waals surface area contributed by atoms with Crippen LogP contribution in [0.2, 0.25) is 5.02 Å². The monoisotopic (exact) mass is 268 g/mol. The molecule has 0 saturated heterocycles. The number of halogens is 1. The number of carbonyl (C=O) groups excluding carboxylic acids is 1. The van der Waals surface area contributed by atoms with Gasteiger partial charge < -0.3 is 10.6 Å². The van der Waals surface area contributed by atoms with Crippen LogP contribution in [0.3, 0.4) is 0 Å². The van der Waals surface area contributed by atoms with Crippen molar-refractivity contribution in [1.29, 1.82) is 0 Å². The van der Waals surface area contributed by atoms with Crippen molar-refractivity contribution < 1.29 is 4.79 Å². The van der Waals surface area contributed by atoms with Gasteiger partial charge in [-0.15, -0.1) is 0 Å². The van der Waals surface area contributed by atoms with Crippen molar-refractivity contribution in [3.63, 3.8) is 0 Å². The summed E-state index contributed by atoms with van der Waals surface area (Å²) in [6.45, 7) is 7.07. The minimum atomic E-state index is 0.00505. The molecule has 0 aliphatic carbocycles. The summed E-state index contributed by atoms with van der Waals surface area (Å²) in [5, 5.41) is 6.79. The fourth-order valence-electron chi connectivity index (χ4n) is 1.48. The van der Waals surface area contributed by atoms with E-state index in [0.717, 1.165) is 24.3 Å². The highest BCUT2D eigenvalue weighted by Gasteiger charge is 2.04. The van der Waals surface area contributed by atoms with E-state index in [-0.39, 0.29) is 5.91 Å². The molecule has 0 aliphatic heterocycles. The molecule has 0 heterocycles. The molecule has 4 heteroatoms. The smallest absolute Gasteiger partial charge is 0.224 e. The van der Waals surface area contributed by atoms with Gasteiger partial charge >= 0.3 is 0 Å². The molecule has 1 amide bonds. The maximum atomic E-state index is 11.3. The third kappa shape index (κ3) is 4.96. The molecule has 0 saturated carbocycles. The van der Waals surface area contributed by atoms with Gasteiger partial charge in [-0.05, 0) is 30.5 Å². The van der Waals surface area contributed by atoms with Gasteiger partial charge in [0.25, 0.3) is 0 Å². The number of amides is 1. The zero-order valence-corrected chi connectivity index (χ0v) is 12.0. The fourth-order valence-corrected chi connectivity index (χ4v) is 1.67. The predicted molar refractivity (Wildman–Crippen MR) is 78.3 cm³/mol. The lowest BCUT2D eigenvalue weighted by Gasteiger charge is -2.12. The largest absolute Gasteiger partial charge is 0.384 e. The van der Waals surface area contributed by atoms with Crippen molar-refractivity contribution in [3.05, 3.63) is 23.2 Å². The molecule has 0 radical (unpaired) electrons. The molecule has 2 N–H and O–H groups in total. The molecular weight excluding hydrogens is 248 g/mol. The molecule has 18 heavy (non-hydrogen) atoms. The van der Waals surface area contributed by atoms with Gasteiger partial charge in [0.2, 0.25) is 5.91 Å². The van der Waals surface area contributed by atoms with Crippen molar-refractivity contribution in [3.8, 4) is 0 Å². The van der Waals surface area contributed by atoms with Crippen molar-refractivity contribution in [1.82, 2.24) is 0 Å². The first-order chi connectivity index (χ1) is 8.52. The van der Waals surface area contributed by atoms with Gasteiger partial charge in [-0.25, -0.2) is 0 Å². The van der Waals surface area contributed by atoms with Crippen LogP contribution in [0.25, 0.3) is 0 Å². The van der Waals surface area contributed by atoms with E-state index in [1.165, 1.54) is 0 Å². The predicted octanol–water partition coefficient (Wildman–Crippen LogP) is 4.15. The van der Waals surface area contributed by atoms with Crippen LogP contribution < -0.4 is 10.6 Å². The highest BCUT2D eigenvalue weighted by molar-refractivity contribution is 6.33. The summed E-state index contributed by atoms with van der Waals surface area (Å²) in [6, 6.07) is 5.48. The van der Waals surface area contributed by atoms with E-state index in [0.29, 0.717) is 17.4 Å². The molecule has 1 aromatic carbocycles. The quantitative estimate of drug-likeness (QED) is 0.814. The van der Waals surface area contributed by atoms with Crippen molar-refractivity contribution in [2.75, 3.05) is 17.2 Å². The van der Waals surface area contributed by atoms with Gasteiger partial charge in [-0.2, -0.15) is 0 Å². The Bertz CT molecular complexity index is 405. The molecule has 1 rings (SSSR count). The summed E-state index contributed by atoms with van der Waals surface area (Å²) in [6.07, 6.45) is 1.56. The zero-order chi connectivity index (χ0) is 13.5. The molecule has 100 valence electrons. The number of benzene rings is 1. The molecule has 3 nitrogen and oxygen atoms in total. The third-order valence-electron chi connectivity index (χ3n) is 2.61. The number of carbonyl (C=O) groups is 1. The summed E-state index contributed by atoms with van der Waals surface area (Å²) >= 11 is 6.11. The number of anilines is 2. The lowest BCUT2D eigenvalue weighted by atomic mass is 10.1. The Morgan fingerprint density at radius 2 is 2.11 bits per heavy atom. The molecule has 0 atom stereocenters. The second-order valence-electron chi connectivity index (χ2n) is 4.71. The Kier molecular flexibility index (Phi) is 5.99. The van der Waals surface area contributed by atoms with Crippen LogP contribution in [0.4, 0.5) is 11.4 Å². The van der Waals surface area contributed by atoms with Crippen LogP contribution in [0, 0.1) is 5.92 Å². The van der Waals surface area contributed by atoms with Gasteiger partial charge in [-0.3, -0.25) is 4.79 Å². The second kappa shape index (κ2) is 7.27. The lowest BCUT2D eigenvalue weighted by Crippen LogP contribution is -2.10. The molecule has 1 aromatic rings. The lowest BCUT2D eigenvalue weighted by molar-refractivity contribution is -0.115. The second-order valence-corrected chi connectivity index (χ2v) is 5.11. The maximum Gasteiger partial charge on any atom is 0.224 e. The molecule has 0 spiro atoms. The van der Waals surface area contributed by atoms with Crippen molar-refractivity contribution >= 4 is 28.9 Å². The average Bonchev–Trinajstić information content (AvgIpc) is 2.32. The van der Waals surface area contributed by atoms with Crippen LogP contribution in [0.1, 0.15) is 33.6 Å². The van der Waals surface area contributed by atoms with E-state index in [1.807, 2.05) is 19.1 Å². The summed E-state index contributed by atoms with van der Waals surface area (Å²) in [5.74, 6) is 0.657. The number of nitrogens with one attached hydrogen (secondary N) is 2. The van der Waals surface area contributed by atoms with Gasteiger partial charge in [0.1, 0.15) is 0 Å². The first-order valence-electron chi connectivity index (χ1n) is 6.36. The Morgan fingerprint density at radius 3 is 2.72 bits per heavy atom. The topological polar surface area (TPSA) is 41.1 Å². The van der Waals surface area contributed by atoms with Crippen LogP contribution in [-0.4, -0.2) is 12.5 Å².